The lowest BCUT2D eigenvalue weighted by molar-refractivity contribution is -0.116. The molecule has 4 N–H and O–H groups in total. The first-order chi connectivity index (χ1) is 14.0. The van der Waals surface area contributed by atoms with Crippen LogP contribution in [-0.4, -0.2) is 35.8 Å². The molecule has 1 saturated heterocycles. The van der Waals surface area contributed by atoms with Gasteiger partial charge in [0.1, 0.15) is 0 Å². The van der Waals surface area contributed by atoms with Crippen molar-refractivity contribution in [2.24, 2.45) is 11.7 Å². The number of nitrogens with one attached hydrogen (secondary N) is 2. The number of nitrogens with two attached hydrogens (primary N) is 1. The number of likely N-dealkylation sites (tertiary alicyclic amines) is 1. The highest BCUT2D eigenvalue weighted by Crippen LogP contribution is 2.23. The summed E-state index contributed by atoms with van der Waals surface area (Å²) < 4.78 is 0. The predicted molar refractivity (Wildman–Crippen MR) is 131 cm³/mol. The molecule has 31 heavy (non-hydrogen) atoms. The third-order valence-electron chi connectivity index (χ3n) is 5.26. The van der Waals surface area contributed by atoms with Crippen LogP contribution in [0.2, 0.25) is 0 Å². The maximum atomic E-state index is 12.3. The molecule has 0 saturated carbocycles. The van der Waals surface area contributed by atoms with Crippen molar-refractivity contribution >= 4 is 48.0 Å². The van der Waals surface area contributed by atoms with Crippen LogP contribution in [0.4, 0.5) is 11.4 Å². The first kappa shape index (κ1) is 26.9. The fraction of sp³-hybridized carbons (Fsp3) is 0.391. The number of rotatable bonds is 8. The van der Waals surface area contributed by atoms with Gasteiger partial charge in [-0.05, 0) is 42.5 Å². The average molecular weight is 467 g/mol. The Hall–Kier alpha value is -2.12. The number of carbonyl (C=O) groups excluding carboxylic acids is 2. The Balaban J connectivity index is 0.00000240. The second kappa shape index (κ2) is 13.3. The molecule has 2 aromatic rings. The van der Waals surface area contributed by atoms with Crippen molar-refractivity contribution in [2.75, 3.05) is 23.7 Å². The van der Waals surface area contributed by atoms with Gasteiger partial charge in [0.25, 0.3) is 0 Å². The van der Waals surface area contributed by atoms with Gasteiger partial charge < -0.3 is 16.4 Å². The third-order valence-corrected chi connectivity index (χ3v) is 5.26. The minimum Gasteiger partial charge on any atom is -0.326 e. The van der Waals surface area contributed by atoms with E-state index in [1.54, 1.807) is 18.2 Å². The normalized spacial score (nSPS) is 17.9. The number of halogens is 2. The van der Waals surface area contributed by atoms with E-state index in [1.807, 2.05) is 12.1 Å². The number of nitrogens with zero attached hydrogens (tertiary/aromatic N) is 1. The molecule has 0 radical (unpaired) electrons. The van der Waals surface area contributed by atoms with Gasteiger partial charge in [-0.15, -0.1) is 24.8 Å². The summed E-state index contributed by atoms with van der Waals surface area (Å²) in [6, 6.07) is 17.8. The summed E-state index contributed by atoms with van der Waals surface area (Å²) in [7, 11) is 0. The van der Waals surface area contributed by atoms with Crippen molar-refractivity contribution in [1.29, 1.82) is 0 Å². The molecule has 2 atom stereocenters. The van der Waals surface area contributed by atoms with Gasteiger partial charge in [-0.3, -0.25) is 14.5 Å². The second-order valence-corrected chi connectivity index (χ2v) is 7.81. The maximum Gasteiger partial charge on any atom is 0.224 e. The molecule has 6 nitrogen and oxygen atoms in total. The van der Waals surface area contributed by atoms with Crippen LogP contribution in [0, 0.1) is 5.92 Å². The Bertz CT molecular complexity index is 835. The van der Waals surface area contributed by atoms with Crippen molar-refractivity contribution in [3.63, 3.8) is 0 Å². The van der Waals surface area contributed by atoms with E-state index in [0.717, 1.165) is 32.5 Å². The van der Waals surface area contributed by atoms with Crippen molar-refractivity contribution in [3.8, 4) is 0 Å². The highest BCUT2D eigenvalue weighted by atomic mass is 35.5. The molecule has 2 aromatic carbocycles. The molecular formula is C23H32Cl2N4O2. The summed E-state index contributed by atoms with van der Waals surface area (Å²) in [4.78, 5) is 25.8. The zero-order chi connectivity index (χ0) is 20.6. The van der Waals surface area contributed by atoms with E-state index in [9.17, 15) is 9.59 Å². The van der Waals surface area contributed by atoms with Gasteiger partial charge in [-0.2, -0.15) is 0 Å². The number of amides is 2. The van der Waals surface area contributed by atoms with Crippen molar-refractivity contribution < 1.29 is 9.59 Å². The molecule has 1 heterocycles. The summed E-state index contributed by atoms with van der Waals surface area (Å²) in [6.07, 6.45) is 2.23. The van der Waals surface area contributed by atoms with Crippen LogP contribution >= 0.6 is 24.8 Å². The van der Waals surface area contributed by atoms with E-state index in [1.165, 1.54) is 12.5 Å². The van der Waals surface area contributed by atoms with Crippen LogP contribution in [0.3, 0.4) is 0 Å². The zero-order valence-corrected chi connectivity index (χ0v) is 19.4. The largest absolute Gasteiger partial charge is 0.326 e. The van der Waals surface area contributed by atoms with E-state index in [4.69, 9.17) is 5.73 Å². The Morgan fingerprint density at radius 2 is 1.68 bits per heavy atom. The number of benzene rings is 2. The zero-order valence-electron chi connectivity index (χ0n) is 17.8. The summed E-state index contributed by atoms with van der Waals surface area (Å²) >= 11 is 0. The van der Waals surface area contributed by atoms with E-state index in [2.05, 4.69) is 39.8 Å². The fourth-order valence-corrected chi connectivity index (χ4v) is 3.89. The quantitative estimate of drug-likeness (QED) is 0.547. The minimum atomic E-state index is -0.136. The van der Waals surface area contributed by atoms with Gasteiger partial charge in [0.2, 0.25) is 11.8 Å². The summed E-state index contributed by atoms with van der Waals surface area (Å²) in [6.45, 7) is 4.27. The van der Waals surface area contributed by atoms with Crippen LogP contribution < -0.4 is 16.4 Å². The van der Waals surface area contributed by atoms with Gasteiger partial charge in [-0.1, -0.05) is 36.4 Å². The Kier molecular flexibility index (Phi) is 11.6. The molecule has 0 bridgehead atoms. The molecule has 1 fully saturated rings. The van der Waals surface area contributed by atoms with Gasteiger partial charge in [-0.25, -0.2) is 0 Å². The molecule has 8 heteroatoms. The first-order valence-corrected chi connectivity index (χ1v) is 10.2. The monoisotopic (exact) mass is 466 g/mol. The molecule has 170 valence electrons. The fourth-order valence-electron chi connectivity index (χ4n) is 3.89. The predicted octanol–water partition coefficient (Wildman–Crippen LogP) is 4.06. The molecule has 3 rings (SSSR count). The van der Waals surface area contributed by atoms with E-state index in [0.29, 0.717) is 23.7 Å². The van der Waals surface area contributed by atoms with Gasteiger partial charge in [0.15, 0.2) is 0 Å². The summed E-state index contributed by atoms with van der Waals surface area (Å²) in [5.41, 5.74) is 9.01. The molecule has 0 unspecified atom stereocenters. The third kappa shape index (κ3) is 8.87. The smallest absolute Gasteiger partial charge is 0.224 e. The maximum absolute atomic E-state index is 12.3. The highest BCUT2D eigenvalue weighted by molar-refractivity contribution is 5.93. The van der Waals surface area contributed by atoms with Crippen LogP contribution in [-0.2, 0) is 16.1 Å². The SMILES string of the molecule is CC(=O)Nc1cccc(NC(=O)CCC[C@@H]2CN(Cc3ccccc3)C[C@@H]2N)c1.Cl.Cl. The van der Waals surface area contributed by atoms with E-state index >= 15 is 0 Å². The molecule has 0 aliphatic carbocycles. The summed E-state index contributed by atoms with van der Waals surface area (Å²) in [5, 5.41) is 5.62. The molecule has 1 aliphatic heterocycles. The molecule has 2 amide bonds. The molecule has 0 spiro atoms. The Morgan fingerprint density at radius 1 is 1.00 bits per heavy atom. The van der Waals surface area contributed by atoms with Crippen LogP contribution in [0.1, 0.15) is 31.7 Å². The second-order valence-electron chi connectivity index (χ2n) is 7.81. The Labute approximate surface area is 196 Å². The minimum absolute atomic E-state index is 0. The van der Waals surface area contributed by atoms with Gasteiger partial charge >= 0.3 is 0 Å². The molecule has 0 aromatic heterocycles. The van der Waals surface area contributed by atoms with Crippen molar-refractivity contribution in [2.45, 2.75) is 38.8 Å². The van der Waals surface area contributed by atoms with Gasteiger partial charge in [0.05, 0.1) is 0 Å². The lowest BCUT2D eigenvalue weighted by Gasteiger charge is -2.16. The Morgan fingerprint density at radius 3 is 2.35 bits per heavy atom. The standard InChI is InChI=1S/C23H30N4O2.2ClH/c1-17(28)25-20-10-6-11-21(13-20)26-23(29)12-5-9-19-15-27(16-22(19)24)14-18-7-3-2-4-8-18;;/h2-4,6-8,10-11,13,19,22H,5,9,12,14-16,24H2,1H3,(H,25,28)(H,26,29);2*1H/t19-,22+;;/m1../s1. The van der Waals surface area contributed by atoms with Crippen LogP contribution in [0.25, 0.3) is 0 Å². The topological polar surface area (TPSA) is 87.5 Å². The number of hydrogen-bond acceptors (Lipinski definition) is 4. The van der Waals surface area contributed by atoms with E-state index in [-0.39, 0.29) is 42.7 Å². The first-order valence-electron chi connectivity index (χ1n) is 10.2. The number of anilines is 2. The lowest BCUT2D eigenvalue weighted by atomic mass is 9.97. The average Bonchev–Trinajstić information content (AvgIpc) is 3.01. The van der Waals surface area contributed by atoms with Gasteiger partial charge in [0, 0.05) is 50.4 Å². The van der Waals surface area contributed by atoms with Crippen molar-refractivity contribution in [3.05, 3.63) is 60.2 Å². The van der Waals surface area contributed by atoms with Crippen LogP contribution in [0.15, 0.2) is 54.6 Å². The number of carbonyl (C=O) groups is 2. The summed E-state index contributed by atoms with van der Waals surface area (Å²) in [5.74, 6) is 0.273. The number of hydrogen-bond donors (Lipinski definition) is 3. The molecular weight excluding hydrogens is 435 g/mol. The molecule has 1 aliphatic rings. The lowest BCUT2D eigenvalue weighted by Crippen LogP contribution is -2.29. The highest BCUT2D eigenvalue weighted by Gasteiger charge is 2.29. The van der Waals surface area contributed by atoms with Crippen molar-refractivity contribution in [1.82, 2.24) is 4.90 Å². The van der Waals surface area contributed by atoms with Crippen LogP contribution in [0.5, 0.6) is 0 Å². The van der Waals surface area contributed by atoms with E-state index < -0.39 is 0 Å².